The van der Waals surface area contributed by atoms with Crippen molar-refractivity contribution in [3.8, 4) is 0 Å². The van der Waals surface area contributed by atoms with Gasteiger partial charge in [-0.15, -0.1) is 0 Å². The quantitative estimate of drug-likeness (QED) is 0.617. The molecule has 8 heteroatoms. The zero-order valence-electron chi connectivity index (χ0n) is 7.81. The number of Topliss-reactive ketones (excluding diaryl/α,β-unsaturated/α-hetero) is 1. The van der Waals surface area contributed by atoms with E-state index in [-0.39, 0.29) is 25.9 Å². The summed E-state index contributed by atoms with van der Waals surface area (Å²) in [6, 6.07) is 0. The van der Waals surface area contributed by atoms with E-state index in [0.717, 1.165) is 6.08 Å². The molecule has 0 fully saturated rings. The van der Waals surface area contributed by atoms with E-state index in [9.17, 15) is 13.2 Å². The van der Waals surface area contributed by atoms with Gasteiger partial charge in [0.25, 0.3) is 0 Å². The van der Waals surface area contributed by atoms with Gasteiger partial charge < -0.3 is 0 Å². The van der Waals surface area contributed by atoms with Crippen LogP contribution in [-0.4, -0.2) is 24.4 Å². The van der Waals surface area contributed by atoms with Crippen LogP contribution in [0.3, 0.4) is 0 Å². The van der Waals surface area contributed by atoms with E-state index >= 15 is 0 Å². The van der Waals surface area contributed by atoms with Crippen molar-refractivity contribution >= 4 is 60.4 Å². The van der Waals surface area contributed by atoms with Crippen LogP contribution in [-0.2, 0) is 14.8 Å². The van der Waals surface area contributed by atoms with Gasteiger partial charge in [-0.25, -0.2) is 13.6 Å². The summed E-state index contributed by atoms with van der Waals surface area (Å²) in [6.07, 6.45) is 2.55. The maximum absolute atomic E-state index is 11.5. The summed E-state index contributed by atoms with van der Waals surface area (Å²) in [4.78, 5) is 11.2. The minimum atomic E-state index is -3.96. The van der Waals surface area contributed by atoms with Gasteiger partial charge in [-0.05, 0) is 12.2 Å². The third-order valence-electron chi connectivity index (χ3n) is 1.91. The second-order valence-corrected chi connectivity index (χ2v) is 6.01. The van der Waals surface area contributed by atoms with E-state index in [1.807, 2.05) is 0 Å². The Kier molecular flexibility index (Phi) is 4.42. The lowest BCUT2D eigenvalue weighted by atomic mass is 9.96. The number of hydrogen-bond acceptors (Lipinski definition) is 4. The summed E-state index contributed by atoms with van der Waals surface area (Å²) in [5.41, 5.74) is 0. The summed E-state index contributed by atoms with van der Waals surface area (Å²) < 4.78 is 22.4. The molecule has 1 aliphatic carbocycles. The number of primary sulfonamides is 1. The Morgan fingerprint density at radius 2 is 2.19 bits per heavy atom. The van der Waals surface area contributed by atoms with Crippen LogP contribution < -0.4 is 5.14 Å². The van der Waals surface area contributed by atoms with Crippen molar-refractivity contribution < 1.29 is 13.2 Å². The lowest BCUT2D eigenvalue weighted by molar-refractivity contribution is -0.117. The van der Waals surface area contributed by atoms with E-state index in [4.69, 9.17) is 29.0 Å². The number of nitrogens with two attached hydrogens (primary N) is 1. The number of carbonyl (C=O) groups excluding carboxylic acids is 1. The number of allylic oxidation sites excluding steroid dienone is 4. The first-order chi connectivity index (χ1) is 7.27. The lowest BCUT2D eigenvalue weighted by Gasteiger charge is -2.18. The topological polar surface area (TPSA) is 77.2 Å². The Hall–Kier alpha value is -0.0800. The SMILES string of the molecule is NS(=O)(=O)C1=CC(Cl)=CC(C(=O)CBr)C1=S. The van der Waals surface area contributed by atoms with Gasteiger partial charge in [-0.2, -0.15) is 0 Å². The maximum Gasteiger partial charge on any atom is 0.239 e. The van der Waals surface area contributed by atoms with Gasteiger partial charge in [0.2, 0.25) is 10.0 Å². The number of halogens is 2. The van der Waals surface area contributed by atoms with Crippen molar-refractivity contribution in [2.24, 2.45) is 11.1 Å². The number of rotatable bonds is 3. The highest BCUT2D eigenvalue weighted by Crippen LogP contribution is 2.26. The minimum Gasteiger partial charge on any atom is -0.298 e. The summed E-state index contributed by atoms with van der Waals surface area (Å²) in [6.45, 7) is 0. The van der Waals surface area contributed by atoms with Crippen LogP contribution in [0.25, 0.3) is 0 Å². The molecular formula is C8H7BrClNO3S2. The van der Waals surface area contributed by atoms with E-state index in [2.05, 4.69) is 15.9 Å². The molecule has 1 aliphatic rings. The van der Waals surface area contributed by atoms with Crippen molar-refractivity contribution in [3.63, 3.8) is 0 Å². The predicted octanol–water partition coefficient (Wildman–Crippen LogP) is 1.25. The second-order valence-electron chi connectivity index (χ2n) is 3.05. The highest BCUT2D eigenvalue weighted by atomic mass is 79.9. The fraction of sp³-hybridized carbons (Fsp3) is 0.250. The second kappa shape index (κ2) is 5.05. The van der Waals surface area contributed by atoms with Gasteiger partial charge in [-0.3, -0.25) is 4.79 Å². The first kappa shape index (κ1) is 14.0. The first-order valence-corrected chi connectivity index (χ1v) is 7.47. The molecule has 0 bridgehead atoms. The number of ketones is 1. The van der Waals surface area contributed by atoms with Gasteiger partial charge in [0.1, 0.15) is 0 Å². The molecule has 1 atom stereocenters. The minimum absolute atomic E-state index is 0.0173. The number of carbonyl (C=O) groups is 1. The molecule has 0 heterocycles. The molecule has 1 rings (SSSR count). The molecule has 0 radical (unpaired) electrons. The Morgan fingerprint density at radius 1 is 1.62 bits per heavy atom. The van der Waals surface area contributed by atoms with Gasteiger partial charge in [0.05, 0.1) is 16.2 Å². The largest absolute Gasteiger partial charge is 0.298 e. The average molecular weight is 345 g/mol. The van der Waals surface area contributed by atoms with E-state index < -0.39 is 15.9 Å². The van der Waals surface area contributed by atoms with E-state index in [1.54, 1.807) is 0 Å². The fourth-order valence-electron chi connectivity index (χ4n) is 1.18. The first-order valence-electron chi connectivity index (χ1n) is 4.02. The Bertz CT molecular complexity index is 509. The molecule has 0 saturated carbocycles. The monoisotopic (exact) mass is 343 g/mol. The van der Waals surface area contributed by atoms with Crippen LogP contribution in [0.4, 0.5) is 0 Å². The molecule has 2 N–H and O–H groups in total. The van der Waals surface area contributed by atoms with Crippen molar-refractivity contribution in [2.75, 3.05) is 5.33 Å². The third-order valence-corrected chi connectivity index (χ3v) is 4.25. The Labute approximate surface area is 112 Å². The van der Waals surface area contributed by atoms with Crippen LogP contribution >= 0.6 is 39.7 Å². The van der Waals surface area contributed by atoms with Crippen LogP contribution in [0.2, 0.25) is 0 Å². The summed E-state index contributed by atoms with van der Waals surface area (Å²) in [5.74, 6) is -1.09. The standard InChI is InChI=1S/C8H7BrClNO3S2/c9-3-6(12)5-1-4(10)2-7(8(5)15)16(11,13)14/h1-2,5H,3H2,(H2,11,13,14). The number of alkyl halides is 1. The molecule has 0 saturated heterocycles. The predicted molar refractivity (Wildman–Crippen MR) is 70.0 cm³/mol. The van der Waals surface area contributed by atoms with Crippen molar-refractivity contribution in [1.82, 2.24) is 0 Å². The summed E-state index contributed by atoms with van der Waals surface area (Å²) >= 11 is 13.6. The Balaban J connectivity index is 3.24. The van der Waals surface area contributed by atoms with E-state index in [1.165, 1.54) is 6.08 Å². The summed E-state index contributed by atoms with van der Waals surface area (Å²) in [5, 5.41) is 5.18. The highest BCUT2D eigenvalue weighted by Gasteiger charge is 2.31. The molecule has 0 aromatic rings. The molecule has 4 nitrogen and oxygen atoms in total. The molecule has 0 amide bonds. The van der Waals surface area contributed by atoms with Crippen LogP contribution in [0.15, 0.2) is 22.1 Å². The van der Waals surface area contributed by atoms with Crippen LogP contribution in [0.1, 0.15) is 0 Å². The third kappa shape index (κ3) is 2.98. The Morgan fingerprint density at radius 3 is 2.62 bits per heavy atom. The molecule has 0 aliphatic heterocycles. The molecule has 1 unspecified atom stereocenters. The number of thiocarbonyl (C=S) groups is 1. The van der Waals surface area contributed by atoms with Crippen molar-refractivity contribution in [2.45, 2.75) is 0 Å². The van der Waals surface area contributed by atoms with E-state index in [0.29, 0.717) is 0 Å². The number of sulfonamides is 1. The maximum atomic E-state index is 11.5. The number of hydrogen-bond donors (Lipinski definition) is 1. The molecule has 16 heavy (non-hydrogen) atoms. The average Bonchev–Trinajstić information content (AvgIpc) is 2.18. The lowest BCUT2D eigenvalue weighted by Crippen LogP contribution is -2.31. The van der Waals surface area contributed by atoms with Gasteiger partial charge >= 0.3 is 0 Å². The molecule has 88 valence electrons. The molecule has 0 aromatic heterocycles. The highest BCUT2D eigenvalue weighted by molar-refractivity contribution is 9.09. The molecule has 0 spiro atoms. The molecule has 0 aromatic carbocycles. The smallest absolute Gasteiger partial charge is 0.239 e. The van der Waals surface area contributed by atoms with Crippen molar-refractivity contribution in [1.29, 1.82) is 0 Å². The zero-order chi connectivity index (χ0) is 12.5. The van der Waals surface area contributed by atoms with Crippen LogP contribution in [0.5, 0.6) is 0 Å². The molecular weight excluding hydrogens is 338 g/mol. The normalized spacial score (nSPS) is 21.4. The fourth-order valence-corrected chi connectivity index (χ4v) is 3.13. The van der Waals surface area contributed by atoms with Gasteiger partial charge in [0, 0.05) is 9.90 Å². The zero-order valence-corrected chi connectivity index (χ0v) is 11.8. The van der Waals surface area contributed by atoms with Gasteiger partial charge in [0.15, 0.2) is 5.78 Å². The summed E-state index contributed by atoms with van der Waals surface area (Å²) in [7, 11) is -3.96. The van der Waals surface area contributed by atoms with Crippen molar-refractivity contribution in [3.05, 3.63) is 22.1 Å². The van der Waals surface area contributed by atoms with Crippen LogP contribution in [0, 0.1) is 5.92 Å². The van der Waals surface area contributed by atoms with Gasteiger partial charge in [-0.1, -0.05) is 39.7 Å².